The Morgan fingerprint density at radius 1 is 1.32 bits per heavy atom. The largest absolute Gasteiger partial charge is 0.419 e. The molecular formula is C13H13N5OS3. The number of hydrogen-bond donors (Lipinski definition) is 1. The summed E-state index contributed by atoms with van der Waals surface area (Å²) in [4.78, 5) is 0.989. The standard InChI is InChI=1S/C13H13N5OS3/c1-7(10-15-16-11(19-10)9-3-2-6-20-9)21-13-18-17-12(22-13)14-8-4-5-8/h2-3,6-8H,4-5H2,1H3,(H,14,17)/t7-/m1/s1. The third-order valence-corrected chi connectivity index (χ3v) is 5.99. The highest BCUT2D eigenvalue weighted by molar-refractivity contribution is 8.01. The van der Waals surface area contributed by atoms with Gasteiger partial charge in [0.25, 0.3) is 5.89 Å². The summed E-state index contributed by atoms with van der Waals surface area (Å²) in [6, 6.07) is 4.53. The van der Waals surface area contributed by atoms with E-state index in [1.54, 1.807) is 34.4 Å². The quantitative estimate of drug-likeness (QED) is 0.671. The molecule has 0 amide bonds. The Hall–Kier alpha value is -1.45. The molecule has 6 nitrogen and oxygen atoms in total. The van der Waals surface area contributed by atoms with Gasteiger partial charge in [-0.25, -0.2) is 0 Å². The number of aromatic nitrogens is 4. The molecule has 0 radical (unpaired) electrons. The fourth-order valence-corrected chi connectivity index (χ4v) is 4.47. The number of thioether (sulfide) groups is 1. The zero-order chi connectivity index (χ0) is 14.9. The molecule has 114 valence electrons. The van der Waals surface area contributed by atoms with Gasteiger partial charge in [0, 0.05) is 6.04 Å². The lowest BCUT2D eigenvalue weighted by molar-refractivity contribution is 0.510. The molecule has 0 unspecified atom stereocenters. The van der Waals surface area contributed by atoms with Crippen molar-refractivity contribution in [3.63, 3.8) is 0 Å². The van der Waals surface area contributed by atoms with E-state index in [1.807, 2.05) is 24.4 Å². The second-order valence-electron chi connectivity index (χ2n) is 4.97. The normalized spacial score (nSPS) is 15.9. The zero-order valence-corrected chi connectivity index (χ0v) is 14.2. The molecule has 3 aromatic rings. The maximum atomic E-state index is 5.75. The van der Waals surface area contributed by atoms with Crippen molar-refractivity contribution in [1.29, 1.82) is 0 Å². The molecular weight excluding hydrogens is 338 g/mol. The monoisotopic (exact) mass is 351 g/mol. The first-order chi connectivity index (χ1) is 10.8. The van der Waals surface area contributed by atoms with Gasteiger partial charge in [-0.05, 0) is 31.2 Å². The molecule has 0 bridgehead atoms. The molecule has 4 rings (SSSR count). The Labute approximate surface area is 139 Å². The Morgan fingerprint density at radius 3 is 3.00 bits per heavy atom. The average Bonchev–Trinajstić information content (AvgIpc) is 2.96. The van der Waals surface area contributed by atoms with Crippen molar-refractivity contribution in [2.24, 2.45) is 0 Å². The smallest absolute Gasteiger partial charge is 0.257 e. The molecule has 1 atom stereocenters. The summed E-state index contributed by atoms with van der Waals surface area (Å²) in [5, 5.41) is 22.9. The van der Waals surface area contributed by atoms with Gasteiger partial charge >= 0.3 is 0 Å². The summed E-state index contributed by atoms with van der Waals surface area (Å²) in [5.41, 5.74) is 0. The van der Waals surface area contributed by atoms with Crippen molar-refractivity contribution in [3.8, 4) is 10.8 Å². The summed E-state index contributed by atoms with van der Waals surface area (Å²) >= 11 is 4.75. The fourth-order valence-electron chi connectivity index (χ4n) is 1.82. The van der Waals surface area contributed by atoms with E-state index >= 15 is 0 Å². The van der Waals surface area contributed by atoms with Crippen LogP contribution < -0.4 is 5.32 Å². The van der Waals surface area contributed by atoms with Crippen LogP contribution in [0.5, 0.6) is 0 Å². The SMILES string of the molecule is C[C@@H](Sc1nnc(NC2CC2)s1)c1nnc(-c2cccs2)o1. The summed E-state index contributed by atoms with van der Waals surface area (Å²) in [6.45, 7) is 2.03. The van der Waals surface area contributed by atoms with E-state index in [-0.39, 0.29) is 5.25 Å². The molecule has 0 saturated heterocycles. The van der Waals surface area contributed by atoms with Gasteiger partial charge in [0.1, 0.15) is 0 Å². The van der Waals surface area contributed by atoms with E-state index in [9.17, 15) is 0 Å². The minimum atomic E-state index is 0.0444. The highest BCUT2D eigenvalue weighted by Crippen LogP contribution is 2.38. The number of nitrogens with one attached hydrogen (secondary N) is 1. The van der Waals surface area contributed by atoms with Crippen LogP contribution in [0.15, 0.2) is 26.3 Å². The topological polar surface area (TPSA) is 76.7 Å². The van der Waals surface area contributed by atoms with E-state index in [4.69, 9.17) is 4.42 Å². The van der Waals surface area contributed by atoms with Crippen molar-refractivity contribution >= 4 is 39.6 Å². The molecule has 0 spiro atoms. The number of anilines is 1. The molecule has 9 heteroatoms. The van der Waals surface area contributed by atoms with Crippen LogP contribution in [0, 0.1) is 0 Å². The van der Waals surface area contributed by atoms with Crippen LogP contribution in [0.4, 0.5) is 5.13 Å². The molecule has 0 aromatic carbocycles. The second-order valence-corrected chi connectivity index (χ2v) is 8.49. The van der Waals surface area contributed by atoms with Crippen LogP contribution in [0.1, 0.15) is 30.9 Å². The van der Waals surface area contributed by atoms with Crippen LogP contribution in [-0.2, 0) is 0 Å². The molecule has 1 fully saturated rings. The number of thiophene rings is 1. The van der Waals surface area contributed by atoms with Gasteiger partial charge in [-0.1, -0.05) is 29.2 Å². The van der Waals surface area contributed by atoms with Crippen molar-refractivity contribution in [1.82, 2.24) is 20.4 Å². The van der Waals surface area contributed by atoms with Gasteiger partial charge in [0.15, 0.2) is 4.34 Å². The number of rotatable bonds is 6. The van der Waals surface area contributed by atoms with Gasteiger partial charge in [-0.3, -0.25) is 0 Å². The summed E-state index contributed by atoms with van der Waals surface area (Å²) in [6.07, 6.45) is 2.46. The van der Waals surface area contributed by atoms with Gasteiger partial charge in [0.2, 0.25) is 11.0 Å². The fraction of sp³-hybridized carbons (Fsp3) is 0.385. The van der Waals surface area contributed by atoms with Gasteiger partial charge in [-0.2, -0.15) is 0 Å². The van der Waals surface area contributed by atoms with Crippen molar-refractivity contribution < 1.29 is 4.42 Å². The van der Waals surface area contributed by atoms with Crippen LogP contribution >= 0.6 is 34.4 Å². The highest BCUT2D eigenvalue weighted by Gasteiger charge is 2.23. The molecule has 22 heavy (non-hydrogen) atoms. The lowest BCUT2D eigenvalue weighted by Crippen LogP contribution is -1.99. The minimum Gasteiger partial charge on any atom is -0.419 e. The van der Waals surface area contributed by atoms with Crippen molar-refractivity contribution in [3.05, 3.63) is 23.4 Å². The van der Waals surface area contributed by atoms with E-state index in [1.165, 1.54) is 12.8 Å². The summed E-state index contributed by atoms with van der Waals surface area (Å²) in [7, 11) is 0. The predicted octanol–water partition coefficient (Wildman–Crippen LogP) is 4.08. The molecule has 1 saturated carbocycles. The van der Waals surface area contributed by atoms with Gasteiger partial charge in [0.05, 0.1) is 10.1 Å². The third kappa shape index (κ3) is 3.16. The second kappa shape index (κ2) is 5.98. The molecule has 0 aliphatic heterocycles. The molecule has 1 aliphatic rings. The Morgan fingerprint density at radius 2 is 2.23 bits per heavy atom. The molecule has 1 aliphatic carbocycles. The molecule has 1 N–H and O–H groups in total. The zero-order valence-electron chi connectivity index (χ0n) is 11.7. The first-order valence-electron chi connectivity index (χ1n) is 6.92. The maximum Gasteiger partial charge on any atom is 0.257 e. The first-order valence-corrected chi connectivity index (χ1v) is 9.49. The van der Waals surface area contributed by atoms with Crippen molar-refractivity contribution in [2.45, 2.75) is 35.4 Å². The number of nitrogens with zero attached hydrogens (tertiary/aromatic N) is 4. The van der Waals surface area contributed by atoms with Crippen LogP contribution in [0.3, 0.4) is 0 Å². The Bertz CT molecular complexity index is 749. The van der Waals surface area contributed by atoms with E-state index < -0.39 is 0 Å². The maximum absolute atomic E-state index is 5.75. The average molecular weight is 351 g/mol. The first kappa shape index (κ1) is 14.2. The summed E-state index contributed by atoms with van der Waals surface area (Å²) in [5.74, 6) is 1.19. The predicted molar refractivity (Wildman–Crippen MR) is 88.4 cm³/mol. The minimum absolute atomic E-state index is 0.0444. The lowest BCUT2D eigenvalue weighted by Gasteiger charge is -2.01. The highest BCUT2D eigenvalue weighted by atomic mass is 32.2. The van der Waals surface area contributed by atoms with E-state index in [0.717, 1.165) is 14.3 Å². The molecule has 3 aromatic heterocycles. The van der Waals surface area contributed by atoms with E-state index in [2.05, 4.69) is 25.7 Å². The lowest BCUT2D eigenvalue weighted by atomic mass is 10.5. The number of hydrogen-bond acceptors (Lipinski definition) is 9. The van der Waals surface area contributed by atoms with Crippen LogP contribution in [0.2, 0.25) is 0 Å². The molecule has 3 heterocycles. The van der Waals surface area contributed by atoms with E-state index in [0.29, 0.717) is 17.8 Å². The Kier molecular flexibility index (Phi) is 3.85. The van der Waals surface area contributed by atoms with Gasteiger partial charge in [-0.15, -0.1) is 31.7 Å². The van der Waals surface area contributed by atoms with Gasteiger partial charge < -0.3 is 9.73 Å². The third-order valence-electron chi connectivity index (χ3n) is 3.11. The van der Waals surface area contributed by atoms with Crippen LogP contribution in [0.25, 0.3) is 10.8 Å². The summed E-state index contributed by atoms with van der Waals surface area (Å²) < 4.78 is 6.66. The Balaban J connectivity index is 1.43. The van der Waals surface area contributed by atoms with Crippen LogP contribution in [-0.4, -0.2) is 26.4 Å². The van der Waals surface area contributed by atoms with Crippen molar-refractivity contribution in [2.75, 3.05) is 5.32 Å².